The molecule has 26 heavy (non-hydrogen) atoms. The molecule has 0 fully saturated rings. The third-order valence-corrected chi connectivity index (χ3v) is 5.77. The fourth-order valence-corrected chi connectivity index (χ4v) is 4.75. The number of aryl methyl sites for hydroxylation is 2. The van der Waals surface area contributed by atoms with E-state index in [9.17, 15) is 4.79 Å². The maximum atomic E-state index is 13.3. The first-order valence-corrected chi connectivity index (χ1v) is 9.40. The first kappa shape index (κ1) is 17.0. The van der Waals surface area contributed by atoms with Crippen molar-refractivity contribution in [3.8, 4) is 0 Å². The van der Waals surface area contributed by atoms with E-state index in [4.69, 9.17) is 4.74 Å². The van der Waals surface area contributed by atoms with E-state index in [0.717, 1.165) is 38.4 Å². The Morgan fingerprint density at radius 3 is 2.81 bits per heavy atom. The van der Waals surface area contributed by atoms with Crippen molar-refractivity contribution < 1.29 is 9.53 Å². The molecule has 0 saturated heterocycles. The molecule has 1 amide bonds. The van der Waals surface area contributed by atoms with E-state index in [1.807, 2.05) is 56.0 Å². The predicted molar refractivity (Wildman–Crippen MR) is 106 cm³/mol. The van der Waals surface area contributed by atoms with E-state index < -0.39 is 0 Å². The van der Waals surface area contributed by atoms with Gasteiger partial charge in [0.05, 0.1) is 12.3 Å². The van der Waals surface area contributed by atoms with Crippen molar-refractivity contribution >= 4 is 38.8 Å². The molecule has 0 unspecified atom stereocenters. The van der Waals surface area contributed by atoms with Gasteiger partial charge in [0.25, 0.3) is 5.91 Å². The van der Waals surface area contributed by atoms with Crippen LogP contribution in [0.25, 0.3) is 10.2 Å². The Morgan fingerprint density at radius 2 is 2.08 bits per heavy atom. The molecule has 0 spiro atoms. The zero-order valence-electron chi connectivity index (χ0n) is 15.3. The number of nitrogens with one attached hydrogen (secondary N) is 1. The number of anilines is 2. The number of para-hydroxylation sites is 1. The highest BCUT2D eigenvalue weighted by atomic mass is 32.1. The van der Waals surface area contributed by atoms with Crippen LogP contribution in [0.4, 0.5) is 11.4 Å². The molecule has 2 aromatic heterocycles. The SMILES string of the molecule is COCc1cc(C)nc2sc3c(c12)N[C@H](C)N(c1ccccc1C)C3=O. The number of carbonyl (C=O) groups excluding carboxylic acids is 1. The van der Waals surface area contributed by atoms with Crippen molar-refractivity contribution in [3.63, 3.8) is 0 Å². The number of methoxy groups -OCH3 is 1. The molecular formula is C20H21N3O2S. The van der Waals surface area contributed by atoms with Crippen LogP contribution in [0.2, 0.25) is 0 Å². The Bertz CT molecular complexity index is 1010. The van der Waals surface area contributed by atoms with Crippen molar-refractivity contribution in [1.82, 2.24) is 4.98 Å². The van der Waals surface area contributed by atoms with E-state index in [0.29, 0.717) is 11.5 Å². The number of rotatable bonds is 3. The second kappa shape index (κ2) is 6.37. The van der Waals surface area contributed by atoms with Crippen LogP contribution in [-0.4, -0.2) is 24.2 Å². The molecule has 3 aromatic rings. The lowest BCUT2D eigenvalue weighted by atomic mass is 10.1. The third-order valence-electron chi connectivity index (χ3n) is 4.70. The molecule has 0 radical (unpaired) electrons. The number of nitrogens with zero attached hydrogens (tertiary/aromatic N) is 2. The molecule has 4 rings (SSSR count). The molecule has 6 heteroatoms. The van der Waals surface area contributed by atoms with Crippen LogP contribution in [0, 0.1) is 13.8 Å². The minimum absolute atomic E-state index is 0.0181. The van der Waals surface area contributed by atoms with E-state index >= 15 is 0 Å². The van der Waals surface area contributed by atoms with Gasteiger partial charge in [0.1, 0.15) is 15.9 Å². The smallest absolute Gasteiger partial charge is 0.272 e. The van der Waals surface area contributed by atoms with Gasteiger partial charge in [-0.3, -0.25) is 9.69 Å². The van der Waals surface area contributed by atoms with Gasteiger partial charge >= 0.3 is 0 Å². The summed E-state index contributed by atoms with van der Waals surface area (Å²) in [5, 5.41) is 4.53. The molecule has 1 aliphatic rings. The number of aromatic nitrogens is 1. The van der Waals surface area contributed by atoms with Crippen LogP contribution in [0.1, 0.15) is 33.4 Å². The van der Waals surface area contributed by atoms with Gasteiger partial charge < -0.3 is 10.1 Å². The second-order valence-electron chi connectivity index (χ2n) is 6.62. The van der Waals surface area contributed by atoms with Gasteiger partial charge in [0.15, 0.2) is 0 Å². The van der Waals surface area contributed by atoms with Crippen LogP contribution in [0.15, 0.2) is 30.3 Å². The Morgan fingerprint density at radius 1 is 1.31 bits per heavy atom. The topological polar surface area (TPSA) is 54.5 Å². The number of benzene rings is 1. The first-order chi connectivity index (χ1) is 12.5. The average molecular weight is 367 g/mol. The molecule has 1 aliphatic heterocycles. The quantitative estimate of drug-likeness (QED) is 0.742. The molecule has 0 aliphatic carbocycles. The highest BCUT2D eigenvalue weighted by Gasteiger charge is 2.35. The lowest BCUT2D eigenvalue weighted by Gasteiger charge is -2.35. The largest absolute Gasteiger partial charge is 0.380 e. The number of fused-ring (bicyclic) bond motifs is 3. The number of ether oxygens (including phenoxy) is 1. The Hall–Kier alpha value is -2.44. The number of amides is 1. The summed E-state index contributed by atoms with van der Waals surface area (Å²) in [5.74, 6) is 0.0181. The van der Waals surface area contributed by atoms with Gasteiger partial charge in [-0.05, 0) is 44.0 Å². The van der Waals surface area contributed by atoms with Gasteiger partial charge in [-0.15, -0.1) is 11.3 Å². The van der Waals surface area contributed by atoms with Crippen molar-refractivity contribution in [2.24, 2.45) is 0 Å². The van der Waals surface area contributed by atoms with E-state index in [2.05, 4.69) is 10.3 Å². The van der Waals surface area contributed by atoms with Crippen LogP contribution in [-0.2, 0) is 11.3 Å². The molecule has 1 N–H and O–H groups in total. The van der Waals surface area contributed by atoms with Crippen LogP contribution < -0.4 is 10.2 Å². The number of hydrogen-bond donors (Lipinski definition) is 1. The number of hydrogen-bond acceptors (Lipinski definition) is 5. The zero-order chi connectivity index (χ0) is 18.4. The van der Waals surface area contributed by atoms with Crippen LogP contribution in [0.5, 0.6) is 0 Å². The maximum absolute atomic E-state index is 13.3. The molecule has 5 nitrogen and oxygen atoms in total. The highest BCUT2D eigenvalue weighted by Crippen LogP contribution is 2.42. The summed E-state index contributed by atoms with van der Waals surface area (Å²) in [4.78, 5) is 21.4. The van der Waals surface area contributed by atoms with Gasteiger partial charge in [0, 0.05) is 23.9 Å². The standard InChI is InChI=1S/C20H21N3O2S/c1-11-7-5-6-8-15(11)23-13(3)22-17-16-14(10-25-4)9-12(2)21-19(16)26-18(17)20(23)24/h5-9,13,22H,10H2,1-4H3/t13-/m0/s1. The summed E-state index contributed by atoms with van der Waals surface area (Å²) in [6.45, 7) is 6.50. The summed E-state index contributed by atoms with van der Waals surface area (Å²) >= 11 is 1.45. The molecule has 0 saturated carbocycles. The number of carbonyl (C=O) groups is 1. The van der Waals surface area contributed by atoms with Crippen molar-refractivity contribution in [1.29, 1.82) is 0 Å². The fraction of sp³-hybridized carbons (Fsp3) is 0.300. The lowest BCUT2D eigenvalue weighted by molar-refractivity contribution is 0.0981. The van der Waals surface area contributed by atoms with E-state index in [1.54, 1.807) is 7.11 Å². The predicted octanol–water partition coefficient (Wildman–Crippen LogP) is 4.48. The van der Waals surface area contributed by atoms with E-state index in [-0.39, 0.29) is 12.1 Å². The average Bonchev–Trinajstić information content (AvgIpc) is 2.95. The Kier molecular flexibility index (Phi) is 4.17. The van der Waals surface area contributed by atoms with E-state index in [1.165, 1.54) is 11.3 Å². The van der Waals surface area contributed by atoms with Crippen molar-refractivity contribution in [2.45, 2.75) is 33.5 Å². The van der Waals surface area contributed by atoms with Crippen LogP contribution >= 0.6 is 11.3 Å². The Balaban J connectivity index is 1.90. The molecule has 0 bridgehead atoms. The van der Waals surface area contributed by atoms with Gasteiger partial charge in [0.2, 0.25) is 0 Å². The minimum Gasteiger partial charge on any atom is -0.380 e. The van der Waals surface area contributed by atoms with Crippen LogP contribution in [0.3, 0.4) is 0 Å². The number of pyridine rings is 1. The molecule has 1 atom stereocenters. The minimum atomic E-state index is -0.148. The third kappa shape index (κ3) is 2.57. The summed E-state index contributed by atoms with van der Waals surface area (Å²) < 4.78 is 5.36. The summed E-state index contributed by atoms with van der Waals surface area (Å²) in [6, 6.07) is 9.99. The molecule has 1 aromatic carbocycles. The summed E-state index contributed by atoms with van der Waals surface area (Å²) in [6.07, 6.45) is -0.148. The van der Waals surface area contributed by atoms with Gasteiger partial charge in [-0.2, -0.15) is 0 Å². The lowest BCUT2D eigenvalue weighted by Crippen LogP contribution is -2.47. The Labute approximate surface area is 156 Å². The van der Waals surface area contributed by atoms with Crippen molar-refractivity contribution in [2.75, 3.05) is 17.3 Å². The van der Waals surface area contributed by atoms with Crippen molar-refractivity contribution in [3.05, 3.63) is 52.0 Å². The zero-order valence-corrected chi connectivity index (χ0v) is 16.1. The first-order valence-electron chi connectivity index (χ1n) is 8.59. The highest BCUT2D eigenvalue weighted by molar-refractivity contribution is 7.21. The molecule has 134 valence electrons. The van der Waals surface area contributed by atoms with Gasteiger partial charge in [-0.1, -0.05) is 18.2 Å². The van der Waals surface area contributed by atoms with Gasteiger partial charge in [-0.25, -0.2) is 4.98 Å². The second-order valence-corrected chi connectivity index (χ2v) is 7.62. The number of thiophene rings is 1. The fourth-order valence-electron chi connectivity index (χ4n) is 3.58. The summed E-state index contributed by atoms with van der Waals surface area (Å²) in [7, 11) is 1.68. The normalized spacial score (nSPS) is 16.7. The summed E-state index contributed by atoms with van der Waals surface area (Å²) in [5.41, 5.74) is 4.88. The monoisotopic (exact) mass is 367 g/mol. The maximum Gasteiger partial charge on any atom is 0.272 e. The molecule has 3 heterocycles. The molecular weight excluding hydrogens is 346 g/mol.